The molecule has 33 heavy (non-hydrogen) atoms. The molecule has 0 bridgehead atoms. The number of benzene rings is 2. The van der Waals surface area contributed by atoms with Crippen molar-refractivity contribution in [3.63, 3.8) is 0 Å². The highest BCUT2D eigenvalue weighted by atomic mass is 32.1. The van der Waals surface area contributed by atoms with E-state index < -0.39 is 0 Å². The normalized spacial score (nSPS) is 19.4. The van der Waals surface area contributed by atoms with E-state index in [2.05, 4.69) is 34.6 Å². The third-order valence-electron chi connectivity index (χ3n) is 7.14. The number of nitrogens with one attached hydrogen (secondary N) is 1. The highest BCUT2D eigenvalue weighted by Gasteiger charge is 2.29. The molecule has 0 amide bonds. The molecule has 168 valence electrons. The van der Waals surface area contributed by atoms with E-state index in [0.717, 1.165) is 47.2 Å². The molecule has 0 radical (unpaired) electrons. The van der Waals surface area contributed by atoms with E-state index in [1.807, 2.05) is 24.3 Å². The predicted octanol–water partition coefficient (Wildman–Crippen LogP) is 4.65. The molecule has 0 fully saturated rings. The predicted molar refractivity (Wildman–Crippen MR) is 132 cm³/mol. The summed E-state index contributed by atoms with van der Waals surface area (Å²) in [6.07, 6.45) is 6.97. The van der Waals surface area contributed by atoms with Crippen molar-refractivity contribution in [2.24, 2.45) is 0 Å². The van der Waals surface area contributed by atoms with Crippen LogP contribution < -0.4 is 15.6 Å². The van der Waals surface area contributed by atoms with Crippen LogP contribution in [0.2, 0.25) is 0 Å². The van der Waals surface area contributed by atoms with Crippen molar-refractivity contribution in [2.75, 3.05) is 7.11 Å². The molecule has 0 spiro atoms. The Labute approximate surface area is 197 Å². The lowest BCUT2D eigenvalue weighted by Crippen LogP contribution is -2.36. The SMILES string of the molecule is COc1ccccc1Cn1cnc2sc3c(c2c1=O)CCC(NC1CCc2ccccc21)C3. The van der Waals surface area contributed by atoms with Crippen molar-refractivity contribution >= 4 is 21.6 Å². The van der Waals surface area contributed by atoms with Gasteiger partial charge in [-0.2, -0.15) is 0 Å². The van der Waals surface area contributed by atoms with E-state index in [0.29, 0.717) is 18.6 Å². The average molecular weight is 458 g/mol. The summed E-state index contributed by atoms with van der Waals surface area (Å²) in [5.74, 6) is 0.791. The first-order valence-corrected chi connectivity index (χ1v) is 12.5. The molecule has 0 saturated heterocycles. The Morgan fingerprint density at radius 2 is 1.97 bits per heavy atom. The summed E-state index contributed by atoms with van der Waals surface area (Å²) in [5.41, 5.74) is 5.19. The Morgan fingerprint density at radius 1 is 1.12 bits per heavy atom. The Balaban J connectivity index is 1.26. The van der Waals surface area contributed by atoms with E-state index in [1.165, 1.54) is 28.0 Å². The van der Waals surface area contributed by atoms with Crippen molar-refractivity contribution in [3.8, 4) is 5.75 Å². The Bertz CT molecular complexity index is 1390. The third kappa shape index (κ3) is 3.67. The maximum absolute atomic E-state index is 13.4. The van der Waals surface area contributed by atoms with Crippen LogP contribution in [0.15, 0.2) is 59.7 Å². The van der Waals surface area contributed by atoms with Crippen LogP contribution in [0.25, 0.3) is 10.2 Å². The van der Waals surface area contributed by atoms with Crippen LogP contribution in [0, 0.1) is 0 Å². The van der Waals surface area contributed by atoms with Gasteiger partial charge in [-0.3, -0.25) is 9.36 Å². The first-order chi connectivity index (χ1) is 16.2. The van der Waals surface area contributed by atoms with E-state index in [1.54, 1.807) is 29.3 Å². The first-order valence-electron chi connectivity index (χ1n) is 11.7. The number of aromatic nitrogens is 2. The minimum Gasteiger partial charge on any atom is -0.496 e. The number of methoxy groups -OCH3 is 1. The third-order valence-corrected chi connectivity index (χ3v) is 8.30. The van der Waals surface area contributed by atoms with Crippen molar-refractivity contribution in [3.05, 3.63) is 92.3 Å². The van der Waals surface area contributed by atoms with Crippen molar-refractivity contribution in [2.45, 2.75) is 50.7 Å². The molecule has 2 unspecified atom stereocenters. The molecule has 6 heteroatoms. The monoisotopic (exact) mass is 457 g/mol. The Morgan fingerprint density at radius 3 is 2.88 bits per heavy atom. The Hall–Kier alpha value is -2.96. The second-order valence-corrected chi connectivity index (χ2v) is 10.2. The van der Waals surface area contributed by atoms with Gasteiger partial charge in [0.05, 0.1) is 25.4 Å². The molecule has 2 aromatic heterocycles. The summed E-state index contributed by atoms with van der Waals surface area (Å²) in [7, 11) is 1.66. The minimum absolute atomic E-state index is 0.0551. The molecule has 2 aliphatic rings. The van der Waals surface area contributed by atoms with Crippen LogP contribution in [-0.4, -0.2) is 22.7 Å². The van der Waals surface area contributed by atoms with Crippen LogP contribution >= 0.6 is 11.3 Å². The minimum atomic E-state index is 0.0551. The Kier molecular flexibility index (Phi) is 5.27. The zero-order valence-electron chi connectivity index (χ0n) is 18.7. The van der Waals surface area contributed by atoms with Crippen LogP contribution in [0.1, 0.15) is 46.0 Å². The maximum Gasteiger partial charge on any atom is 0.262 e. The van der Waals surface area contributed by atoms with Crippen LogP contribution in [0.5, 0.6) is 5.75 Å². The highest BCUT2D eigenvalue weighted by molar-refractivity contribution is 7.18. The molecular formula is C27H27N3O2S. The van der Waals surface area contributed by atoms with E-state index >= 15 is 0 Å². The molecular weight excluding hydrogens is 430 g/mol. The quantitative estimate of drug-likeness (QED) is 0.474. The number of ether oxygens (including phenoxy) is 1. The second-order valence-electron chi connectivity index (χ2n) is 9.07. The highest BCUT2D eigenvalue weighted by Crippen LogP contribution is 2.36. The molecule has 1 N–H and O–H groups in total. The van der Waals surface area contributed by atoms with Crippen molar-refractivity contribution in [1.82, 2.24) is 14.9 Å². The van der Waals surface area contributed by atoms with E-state index in [9.17, 15) is 4.79 Å². The summed E-state index contributed by atoms with van der Waals surface area (Å²) in [4.78, 5) is 20.3. The summed E-state index contributed by atoms with van der Waals surface area (Å²) in [5, 5.41) is 4.74. The standard InChI is InChI=1S/C27H27N3O2S/c1-32-23-9-5-3-7-18(23)15-30-16-28-26-25(27(30)31)21-12-11-19(14-24(21)33-26)29-22-13-10-17-6-2-4-8-20(17)22/h2-9,16,19,22,29H,10-15H2,1H3. The van der Waals surface area contributed by atoms with E-state index in [-0.39, 0.29) is 5.56 Å². The molecule has 2 atom stereocenters. The first kappa shape index (κ1) is 20.6. The number of rotatable bonds is 5. The van der Waals surface area contributed by atoms with Gasteiger partial charge in [-0.05, 0) is 54.9 Å². The topological polar surface area (TPSA) is 56.2 Å². The van der Waals surface area contributed by atoms with Gasteiger partial charge in [-0.15, -0.1) is 11.3 Å². The lowest BCUT2D eigenvalue weighted by Gasteiger charge is -2.27. The van der Waals surface area contributed by atoms with Gasteiger partial charge in [-0.25, -0.2) is 4.98 Å². The molecule has 2 aliphatic carbocycles. The molecule has 4 aromatic rings. The lowest BCUT2D eigenvalue weighted by molar-refractivity contribution is 0.400. The molecule has 0 saturated carbocycles. The van der Waals surface area contributed by atoms with Crippen LogP contribution in [0.4, 0.5) is 0 Å². The van der Waals surface area contributed by atoms with Gasteiger partial charge >= 0.3 is 0 Å². The largest absolute Gasteiger partial charge is 0.496 e. The van der Waals surface area contributed by atoms with Gasteiger partial charge in [0.25, 0.3) is 5.56 Å². The van der Waals surface area contributed by atoms with Crippen molar-refractivity contribution in [1.29, 1.82) is 0 Å². The maximum atomic E-state index is 13.4. The fourth-order valence-electron chi connectivity index (χ4n) is 5.49. The summed E-state index contributed by atoms with van der Waals surface area (Å²) < 4.78 is 7.18. The molecule has 0 aliphatic heterocycles. The van der Waals surface area contributed by atoms with E-state index in [4.69, 9.17) is 4.74 Å². The number of hydrogen-bond donors (Lipinski definition) is 1. The second kappa shape index (κ2) is 8.43. The average Bonchev–Trinajstić information content (AvgIpc) is 3.42. The number of fused-ring (bicyclic) bond motifs is 4. The fraction of sp³-hybridized carbons (Fsp3) is 0.333. The number of hydrogen-bond acceptors (Lipinski definition) is 5. The van der Waals surface area contributed by atoms with Gasteiger partial charge in [0, 0.05) is 22.5 Å². The summed E-state index contributed by atoms with van der Waals surface area (Å²) >= 11 is 1.69. The zero-order valence-corrected chi connectivity index (χ0v) is 19.5. The number of para-hydroxylation sites is 1. The van der Waals surface area contributed by atoms with Gasteiger partial charge in [0.15, 0.2) is 0 Å². The number of nitrogens with zero attached hydrogens (tertiary/aromatic N) is 2. The van der Waals surface area contributed by atoms with Gasteiger partial charge in [0.1, 0.15) is 10.6 Å². The molecule has 5 nitrogen and oxygen atoms in total. The number of aryl methyl sites for hydroxylation is 2. The summed E-state index contributed by atoms with van der Waals surface area (Å²) in [6, 6.07) is 17.5. The zero-order chi connectivity index (χ0) is 22.4. The molecule has 2 aromatic carbocycles. The van der Waals surface area contributed by atoms with Gasteiger partial charge in [-0.1, -0.05) is 42.5 Å². The summed E-state index contributed by atoms with van der Waals surface area (Å²) in [6.45, 7) is 0.460. The molecule has 2 heterocycles. The smallest absolute Gasteiger partial charge is 0.262 e. The molecule has 6 rings (SSSR count). The van der Waals surface area contributed by atoms with Crippen LogP contribution in [0.3, 0.4) is 0 Å². The lowest BCUT2D eigenvalue weighted by atomic mass is 9.92. The van der Waals surface area contributed by atoms with Gasteiger partial charge < -0.3 is 10.1 Å². The van der Waals surface area contributed by atoms with Crippen LogP contribution in [-0.2, 0) is 25.8 Å². The van der Waals surface area contributed by atoms with Gasteiger partial charge in [0.2, 0.25) is 0 Å². The number of thiophene rings is 1. The van der Waals surface area contributed by atoms with Crippen molar-refractivity contribution < 1.29 is 4.74 Å². The fourth-order valence-corrected chi connectivity index (χ4v) is 6.75.